The zero-order valence-corrected chi connectivity index (χ0v) is 12.3. The molecular formula is C15H19N5O. The molecule has 3 rings (SSSR count). The van der Waals surface area contributed by atoms with E-state index < -0.39 is 0 Å². The van der Waals surface area contributed by atoms with Gasteiger partial charge in [-0.2, -0.15) is 0 Å². The van der Waals surface area contributed by atoms with Gasteiger partial charge in [0.2, 0.25) is 5.91 Å². The molecule has 1 saturated heterocycles. The van der Waals surface area contributed by atoms with Gasteiger partial charge in [-0.3, -0.25) is 4.79 Å². The van der Waals surface area contributed by atoms with E-state index in [0.29, 0.717) is 6.54 Å². The first-order valence-electron chi connectivity index (χ1n) is 7.20. The molecule has 3 heterocycles. The molecule has 1 amide bonds. The fraction of sp³-hybridized carbons (Fsp3) is 0.467. The smallest absolute Gasteiger partial charge is 0.222 e. The van der Waals surface area contributed by atoms with E-state index in [-0.39, 0.29) is 11.8 Å². The summed E-state index contributed by atoms with van der Waals surface area (Å²) < 4.78 is 0. The Labute approximate surface area is 123 Å². The maximum atomic E-state index is 11.4. The fourth-order valence-corrected chi connectivity index (χ4v) is 2.91. The number of amides is 1. The second kappa shape index (κ2) is 5.27. The Kier molecular flexibility index (Phi) is 3.45. The lowest BCUT2D eigenvalue weighted by Gasteiger charge is -2.32. The Morgan fingerprint density at radius 2 is 2.19 bits per heavy atom. The highest BCUT2D eigenvalue weighted by atomic mass is 16.1. The standard InChI is InChI=1S/C15H19N5O/c1-9-12-6-14(17-7-13(12)19-10(2)18-9)20-5-3-4-11(8-20)15(16)21/h6-7,11H,3-5,8H2,1-2H3,(H2,16,21). The van der Waals surface area contributed by atoms with Crippen molar-refractivity contribution in [1.82, 2.24) is 15.0 Å². The topological polar surface area (TPSA) is 85.0 Å². The number of hydrogen-bond acceptors (Lipinski definition) is 5. The largest absolute Gasteiger partial charge is 0.369 e. The number of rotatable bonds is 2. The van der Waals surface area contributed by atoms with Crippen molar-refractivity contribution < 1.29 is 4.79 Å². The first kappa shape index (κ1) is 13.7. The van der Waals surface area contributed by atoms with E-state index in [9.17, 15) is 4.79 Å². The third kappa shape index (κ3) is 2.66. The lowest BCUT2D eigenvalue weighted by Crippen LogP contribution is -2.41. The Morgan fingerprint density at radius 1 is 1.38 bits per heavy atom. The molecule has 1 atom stereocenters. The van der Waals surface area contributed by atoms with Crippen molar-refractivity contribution in [3.8, 4) is 0 Å². The lowest BCUT2D eigenvalue weighted by atomic mass is 9.97. The van der Waals surface area contributed by atoms with Crippen LogP contribution in [0.1, 0.15) is 24.4 Å². The van der Waals surface area contributed by atoms with E-state index in [1.807, 2.05) is 19.9 Å². The van der Waals surface area contributed by atoms with Gasteiger partial charge in [0, 0.05) is 24.2 Å². The lowest BCUT2D eigenvalue weighted by molar-refractivity contribution is -0.122. The number of primary amides is 1. The minimum atomic E-state index is -0.226. The molecule has 1 fully saturated rings. The van der Waals surface area contributed by atoms with E-state index >= 15 is 0 Å². The number of carbonyl (C=O) groups is 1. The number of fused-ring (bicyclic) bond motifs is 1. The Balaban J connectivity index is 1.95. The van der Waals surface area contributed by atoms with E-state index in [1.54, 1.807) is 6.20 Å². The quantitative estimate of drug-likeness (QED) is 0.900. The van der Waals surface area contributed by atoms with Crippen molar-refractivity contribution >= 4 is 22.6 Å². The van der Waals surface area contributed by atoms with Gasteiger partial charge >= 0.3 is 0 Å². The molecule has 1 aliphatic heterocycles. The number of piperidine rings is 1. The predicted molar refractivity (Wildman–Crippen MR) is 80.9 cm³/mol. The van der Waals surface area contributed by atoms with Gasteiger partial charge in [-0.05, 0) is 32.8 Å². The number of pyridine rings is 1. The van der Waals surface area contributed by atoms with Crippen molar-refractivity contribution in [2.45, 2.75) is 26.7 Å². The highest BCUT2D eigenvalue weighted by molar-refractivity contribution is 5.83. The Morgan fingerprint density at radius 3 is 2.95 bits per heavy atom. The van der Waals surface area contributed by atoms with E-state index in [4.69, 9.17) is 5.73 Å². The zero-order valence-electron chi connectivity index (χ0n) is 12.3. The van der Waals surface area contributed by atoms with Gasteiger partial charge < -0.3 is 10.6 Å². The fourth-order valence-electron chi connectivity index (χ4n) is 2.91. The molecule has 0 aliphatic carbocycles. The summed E-state index contributed by atoms with van der Waals surface area (Å²) in [6, 6.07) is 2.01. The minimum absolute atomic E-state index is 0.0911. The molecular weight excluding hydrogens is 266 g/mol. The summed E-state index contributed by atoms with van der Waals surface area (Å²) in [6.07, 6.45) is 3.59. The molecule has 0 spiro atoms. The number of aryl methyl sites for hydroxylation is 2. The summed E-state index contributed by atoms with van der Waals surface area (Å²) >= 11 is 0. The molecule has 2 aromatic rings. The van der Waals surface area contributed by atoms with E-state index in [2.05, 4.69) is 19.9 Å². The molecule has 0 bridgehead atoms. The molecule has 6 nitrogen and oxygen atoms in total. The second-order valence-corrected chi connectivity index (χ2v) is 5.60. The van der Waals surface area contributed by atoms with Crippen LogP contribution in [0.4, 0.5) is 5.82 Å². The number of anilines is 1. The molecule has 21 heavy (non-hydrogen) atoms. The summed E-state index contributed by atoms with van der Waals surface area (Å²) in [6.45, 7) is 5.39. The first-order chi connectivity index (χ1) is 10.0. The highest BCUT2D eigenvalue weighted by Gasteiger charge is 2.25. The molecule has 110 valence electrons. The van der Waals surface area contributed by atoms with Crippen LogP contribution < -0.4 is 10.6 Å². The molecule has 1 unspecified atom stereocenters. The van der Waals surface area contributed by atoms with Crippen LogP contribution in [0.3, 0.4) is 0 Å². The van der Waals surface area contributed by atoms with E-state index in [1.165, 1.54) is 0 Å². The van der Waals surface area contributed by atoms with Gasteiger partial charge in [0.15, 0.2) is 0 Å². The summed E-state index contributed by atoms with van der Waals surface area (Å²) in [5.74, 6) is 1.30. The first-order valence-corrected chi connectivity index (χ1v) is 7.20. The monoisotopic (exact) mass is 285 g/mol. The third-order valence-electron chi connectivity index (χ3n) is 4.02. The van der Waals surface area contributed by atoms with Crippen LogP contribution in [0.15, 0.2) is 12.3 Å². The van der Waals surface area contributed by atoms with Gasteiger partial charge in [0.1, 0.15) is 11.6 Å². The van der Waals surface area contributed by atoms with Crippen LogP contribution in [0.5, 0.6) is 0 Å². The van der Waals surface area contributed by atoms with Crippen LogP contribution in [0, 0.1) is 19.8 Å². The number of aromatic nitrogens is 3. The van der Waals surface area contributed by atoms with Crippen LogP contribution >= 0.6 is 0 Å². The molecule has 1 aliphatic rings. The van der Waals surface area contributed by atoms with Crippen molar-refractivity contribution in [2.24, 2.45) is 11.7 Å². The maximum Gasteiger partial charge on any atom is 0.222 e. The SMILES string of the molecule is Cc1nc(C)c2cc(N3CCCC(C(N)=O)C3)ncc2n1. The Bertz CT molecular complexity index is 700. The molecule has 6 heteroatoms. The molecule has 0 saturated carbocycles. The van der Waals surface area contributed by atoms with Gasteiger partial charge in [0.05, 0.1) is 17.6 Å². The number of nitrogens with zero attached hydrogens (tertiary/aromatic N) is 4. The van der Waals surface area contributed by atoms with Crippen LogP contribution in [-0.2, 0) is 4.79 Å². The third-order valence-corrected chi connectivity index (χ3v) is 4.02. The van der Waals surface area contributed by atoms with Gasteiger partial charge in [-0.1, -0.05) is 0 Å². The predicted octanol–water partition coefficient (Wildman–Crippen LogP) is 1.34. The van der Waals surface area contributed by atoms with Crippen LogP contribution in [0.25, 0.3) is 10.9 Å². The van der Waals surface area contributed by atoms with Gasteiger partial charge in [-0.25, -0.2) is 15.0 Å². The van der Waals surface area contributed by atoms with Crippen molar-refractivity contribution in [1.29, 1.82) is 0 Å². The number of carbonyl (C=O) groups excluding carboxylic acids is 1. The van der Waals surface area contributed by atoms with Crippen LogP contribution in [0.2, 0.25) is 0 Å². The van der Waals surface area contributed by atoms with Crippen molar-refractivity contribution in [3.63, 3.8) is 0 Å². The maximum absolute atomic E-state index is 11.4. The summed E-state index contributed by atoms with van der Waals surface area (Å²) in [5.41, 5.74) is 7.24. The summed E-state index contributed by atoms with van der Waals surface area (Å²) in [5, 5.41) is 1.01. The van der Waals surface area contributed by atoms with Gasteiger partial charge in [-0.15, -0.1) is 0 Å². The number of hydrogen-bond donors (Lipinski definition) is 1. The minimum Gasteiger partial charge on any atom is -0.369 e. The summed E-state index contributed by atoms with van der Waals surface area (Å²) in [7, 11) is 0. The van der Waals surface area contributed by atoms with Crippen LogP contribution in [-0.4, -0.2) is 33.9 Å². The molecule has 0 radical (unpaired) electrons. The Hall–Kier alpha value is -2.24. The highest BCUT2D eigenvalue weighted by Crippen LogP contribution is 2.25. The molecule has 2 N–H and O–H groups in total. The zero-order chi connectivity index (χ0) is 15.0. The average molecular weight is 285 g/mol. The molecule has 0 aromatic carbocycles. The average Bonchev–Trinajstić information content (AvgIpc) is 2.47. The number of nitrogens with two attached hydrogens (primary N) is 1. The van der Waals surface area contributed by atoms with Crippen molar-refractivity contribution in [3.05, 3.63) is 23.8 Å². The van der Waals surface area contributed by atoms with E-state index in [0.717, 1.165) is 47.6 Å². The normalized spacial score (nSPS) is 19.0. The summed E-state index contributed by atoms with van der Waals surface area (Å²) in [4.78, 5) is 26.8. The van der Waals surface area contributed by atoms with Gasteiger partial charge in [0.25, 0.3) is 0 Å². The van der Waals surface area contributed by atoms with Crippen molar-refractivity contribution in [2.75, 3.05) is 18.0 Å². The second-order valence-electron chi connectivity index (χ2n) is 5.60. The molecule has 2 aromatic heterocycles.